The van der Waals surface area contributed by atoms with Gasteiger partial charge >= 0.3 is 0 Å². The first kappa shape index (κ1) is 19.7. The number of carbonyl (C=O) groups is 1. The minimum Gasteiger partial charge on any atom is -0.365 e. The Morgan fingerprint density at radius 3 is 2.79 bits per heavy atom. The van der Waals surface area contributed by atoms with Crippen LogP contribution in [0.4, 0.5) is 11.5 Å². The molecule has 1 amide bonds. The van der Waals surface area contributed by atoms with Gasteiger partial charge in [-0.1, -0.05) is 20.8 Å². The SMILES string of the molecule is CCC(C)(C)C(=O)Nc1csc2c(N[C@@H]3CCNC3)nc(-c3ccncc3)nc12. The molecule has 0 radical (unpaired) electrons. The second kappa shape index (κ2) is 8.04. The number of anilines is 2. The maximum atomic E-state index is 12.7. The monoisotopic (exact) mass is 410 g/mol. The van der Waals surface area contributed by atoms with Crippen LogP contribution in [-0.2, 0) is 4.79 Å². The largest absolute Gasteiger partial charge is 0.365 e. The van der Waals surface area contributed by atoms with Crippen molar-refractivity contribution < 1.29 is 4.79 Å². The number of hydrogen-bond donors (Lipinski definition) is 3. The molecule has 1 saturated heterocycles. The van der Waals surface area contributed by atoms with E-state index in [1.807, 2.05) is 38.3 Å². The molecule has 0 spiro atoms. The topological polar surface area (TPSA) is 91.8 Å². The summed E-state index contributed by atoms with van der Waals surface area (Å²) in [7, 11) is 0. The van der Waals surface area contributed by atoms with Crippen LogP contribution in [0.3, 0.4) is 0 Å². The van der Waals surface area contributed by atoms with Gasteiger partial charge in [0.25, 0.3) is 0 Å². The standard InChI is InChI=1S/C21H26N6OS/c1-4-21(2,3)20(28)25-15-12-29-17-16(15)26-18(13-5-8-22-9-6-13)27-19(17)24-14-7-10-23-11-14/h5-6,8-9,12,14,23H,4,7,10-11H2,1-3H3,(H,25,28)(H,24,26,27)/t14-/m1/s1. The molecule has 29 heavy (non-hydrogen) atoms. The molecule has 0 aliphatic carbocycles. The molecule has 8 heteroatoms. The highest BCUT2D eigenvalue weighted by Crippen LogP contribution is 2.36. The minimum absolute atomic E-state index is 0.00160. The van der Waals surface area contributed by atoms with E-state index in [1.165, 1.54) is 0 Å². The van der Waals surface area contributed by atoms with E-state index in [0.29, 0.717) is 11.9 Å². The van der Waals surface area contributed by atoms with Crippen LogP contribution in [0.25, 0.3) is 21.6 Å². The van der Waals surface area contributed by atoms with Crippen LogP contribution in [0.1, 0.15) is 33.6 Å². The van der Waals surface area contributed by atoms with Gasteiger partial charge < -0.3 is 16.0 Å². The average molecular weight is 411 g/mol. The number of thiophene rings is 1. The fourth-order valence-electron chi connectivity index (χ4n) is 3.16. The number of fused-ring (bicyclic) bond motifs is 1. The molecule has 1 atom stereocenters. The first-order valence-corrected chi connectivity index (χ1v) is 10.8. The lowest BCUT2D eigenvalue weighted by Crippen LogP contribution is -2.29. The highest BCUT2D eigenvalue weighted by Gasteiger charge is 2.27. The predicted molar refractivity (Wildman–Crippen MR) is 118 cm³/mol. The van der Waals surface area contributed by atoms with E-state index in [9.17, 15) is 4.79 Å². The van der Waals surface area contributed by atoms with E-state index in [-0.39, 0.29) is 5.91 Å². The molecule has 152 valence electrons. The zero-order valence-electron chi connectivity index (χ0n) is 17.0. The average Bonchev–Trinajstić information content (AvgIpc) is 3.39. The van der Waals surface area contributed by atoms with Gasteiger partial charge in [0.2, 0.25) is 5.91 Å². The zero-order chi connectivity index (χ0) is 20.4. The molecule has 4 heterocycles. The van der Waals surface area contributed by atoms with Crippen molar-refractivity contribution in [3.63, 3.8) is 0 Å². The number of rotatable bonds is 6. The number of pyridine rings is 1. The lowest BCUT2D eigenvalue weighted by atomic mass is 9.89. The third-order valence-electron chi connectivity index (χ3n) is 5.50. The van der Waals surface area contributed by atoms with Gasteiger partial charge in [-0.3, -0.25) is 9.78 Å². The highest BCUT2D eigenvalue weighted by atomic mass is 32.1. The van der Waals surface area contributed by atoms with Gasteiger partial charge in [-0.25, -0.2) is 9.97 Å². The van der Waals surface area contributed by atoms with Crippen molar-refractivity contribution in [3.05, 3.63) is 29.9 Å². The van der Waals surface area contributed by atoms with Crippen molar-refractivity contribution in [2.45, 2.75) is 39.7 Å². The third kappa shape index (κ3) is 4.09. The third-order valence-corrected chi connectivity index (χ3v) is 6.48. The van der Waals surface area contributed by atoms with Gasteiger partial charge in [-0.05, 0) is 31.5 Å². The number of carbonyl (C=O) groups excluding carboxylic acids is 1. The maximum absolute atomic E-state index is 12.7. The van der Waals surface area contributed by atoms with Crippen LogP contribution in [0.15, 0.2) is 29.9 Å². The van der Waals surface area contributed by atoms with Crippen LogP contribution in [0.5, 0.6) is 0 Å². The van der Waals surface area contributed by atoms with Gasteiger partial charge in [-0.15, -0.1) is 11.3 Å². The van der Waals surface area contributed by atoms with Crippen molar-refractivity contribution in [1.82, 2.24) is 20.3 Å². The van der Waals surface area contributed by atoms with E-state index in [0.717, 1.165) is 53.2 Å². The Labute approximate surface area is 174 Å². The molecule has 0 aromatic carbocycles. The Hall–Kier alpha value is -2.58. The van der Waals surface area contributed by atoms with Crippen molar-refractivity contribution in [2.24, 2.45) is 5.41 Å². The summed E-state index contributed by atoms with van der Waals surface area (Å²) in [6.45, 7) is 7.84. The summed E-state index contributed by atoms with van der Waals surface area (Å²) in [6.07, 6.45) is 5.28. The zero-order valence-corrected chi connectivity index (χ0v) is 17.8. The van der Waals surface area contributed by atoms with Crippen LogP contribution in [-0.4, -0.2) is 40.0 Å². The predicted octanol–water partition coefficient (Wildman–Crippen LogP) is 3.90. The molecular formula is C21H26N6OS. The number of nitrogens with zero attached hydrogens (tertiary/aromatic N) is 3. The molecule has 7 nitrogen and oxygen atoms in total. The summed E-state index contributed by atoms with van der Waals surface area (Å²) >= 11 is 1.55. The smallest absolute Gasteiger partial charge is 0.230 e. The summed E-state index contributed by atoms with van der Waals surface area (Å²) < 4.78 is 0.958. The van der Waals surface area contributed by atoms with Gasteiger partial charge in [0, 0.05) is 41.3 Å². The summed E-state index contributed by atoms with van der Waals surface area (Å²) in [5, 5.41) is 12.0. The Bertz CT molecular complexity index is 1010. The van der Waals surface area contributed by atoms with Crippen LogP contribution < -0.4 is 16.0 Å². The molecule has 0 bridgehead atoms. The first-order valence-electron chi connectivity index (χ1n) is 9.96. The van der Waals surface area contributed by atoms with Crippen molar-refractivity contribution in [2.75, 3.05) is 23.7 Å². The van der Waals surface area contributed by atoms with E-state index < -0.39 is 5.41 Å². The minimum atomic E-state index is -0.439. The van der Waals surface area contributed by atoms with Gasteiger partial charge in [0.15, 0.2) is 5.82 Å². The van der Waals surface area contributed by atoms with Gasteiger partial charge in [-0.2, -0.15) is 0 Å². The summed E-state index contributed by atoms with van der Waals surface area (Å²) in [6, 6.07) is 4.12. The normalized spacial score (nSPS) is 16.9. The van der Waals surface area contributed by atoms with E-state index in [2.05, 4.69) is 20.9 Å². The van der Waals surface area contributed by atoms with Crippen LogP contribution >= 0.6 is 11.3 Å². The fraction of sp³-hybridized carbons (Fsp3) is 0.429. The van der Waals surface area contributed by atoms with E-state index in [4.69, 9.17) is 9.97 Å². The van der Waals surface area contributed by atoms with Crippen LogP contribution in [0.2, 0.25) is 0 Å². The molecule has 1 fully saturated rings. The highest BCUT2D eigenvalue weighted by molar-refractivity contribution is 7.18. The Morgan fingerprint density at radius 1 is 1.31 bits per heavy atom. The molecule has 0 saturated carbocycles. The Kier molecular flexibility index (Phi) is 5.47. The fourth-order valence-corrected chi connectivity index (χ4v) is 4.05. The molecule has 3 N–H and O–H groups in total. The molecule has 1 aliphatic rings. The quantitative estimate of drug-likeness (QED) is 0.571. The van der Waals surface area contributed by atoms with Crippen LogP contribution in [0, 0.1) is 5.41 Å². The van der Waals surface area contributed by atoms with E-state index >= 15 is 0 Å². The van der Waals surface area contributed by atoms with Crippen molar-refractivity contribution in [3.8, 4) is 11.4 Å². The maximum Gasteiger partial charge on any atom is 0.230 e. The Balaban J connectivity index is 1.77. The van der Waals surface area contributed by atoms with Crippen molar-refractivity contribution >= 4 is 39.0 Å². The summed E-state index contributed by atoms with van der Waals surface area (Å²) in [5.41, 5.74) is 1.96. The van der Waals surface area contributed by atoms with Gasteiger partial charge in [0.05, 0.1) is 10.4 Å². The molecule has 4 rings (SSSR count). The first-order chi connectivity index (χ1) is 14.0. The lowest BCUT2D eigenvalue weighted by Gasteiger charge is -2.21. The molecular weight excluding hydrogens is 384 g/mol. The lowest BCUT2D eigenvalue weighted by molar-refractivity contribution is -0.124. The van der Waals surface area contributed by atoms with Crippen molar-refractivity contribution in [1.29, 1.82) is 0 Å². The Morgan fingerprint density at radius 2 is 2.10 bits per heavy atom. The summed E-state index contributed by atoms with van der Waals surface area (Å²) in [4.78, 5) is 26.4. The molecule has 1 aliphatic heterocycles. The number of hydrogen-bond acceptors (Lipinski definition) is 7. The van der Waals surface area contributed by atoms with E-state index in [1.54, 1.807) is 23.7 Å². The number of amides is 1. The second-order valence-corrected chi connectivity index (χ2v) is 8.86. The summed E-state index contributed by atoms with van der Waals surface area (Å²) in [5.74, 6) is 1.44. The number of nitrogens with one attached hydrogen (secondary N) is 3. The second-order valence-electron chi connectivity index (χ2n) is 7.98. The number of aromatic nitrogens is 3. The molecule has 0 unspecified atom stereocenters. The van der Waals surface area contributed by atoms with Gasteiger partial charge in [0.1, 0.15) is 11.3 Å². The molecule has 3 aromatic heterocycles. The molecule has 3 aromatic rings.